The van der Waals surface area contributed by atoms with Gasteiger partial charge >= 0.3 is 0 Å². The fourth-order valence-electron chi connectivity index (χ4n) is 1.51. The molecule has 0 bridgehead atoms. The van der Waals surface area contributed by atoms with Crippen LogP contribution in [-0.2, 0) is 0 Å². The minimum absolute atomic E-state index is 0.211. The molecule has 0 fully saturated rings. The van der Waals surface area contributed by atoms with Gasteiger partial charge in [0.15, 0.2) is 0 Å². The van der Waals surface area contributed by atoms with Crippen molar-refractivity contribution in [1.82, 2.24) is 9.97 Å². The fourth-order valence-corrected chi connectivity index (χ4v) is 1.69. The van der Waals surface area contributed by atoms with Crippen LogP contribution in [0.2, 0.25) is 5.15 Å². The second-order valence-electron chi connectivity index (χ2n) is 4.41. The number of ether oxygens (including phenoxy) is 1. The maximum atomic E-state index is 5.97. The minimum atomic E-state index is 0.211. The molecule has 0 spiro atoms. The molecule has 0 unspecified atom stereocenters. The van der Waals surface area contributed by atoms with Crippen LogP contribution in [0.5, 0.6) is 11.6 Å². The third kappa shape index (κ3) is 2.99. The molecule has 0 aliphatic carbocycles. The van der Waals surface area contributed by atoms with E-state index >= 15 is 0 Å². The predicted molar refractivity (Wildman–Crippen MR) is 72.4 cm³/mol. The third-order valence-corrected chi connectivity index (χ3v) is 2.71. The van der Waals surface area contributed by atoms with E-state index in [2.05, 4.69) is 9.97 Å². The molecular weight excluding hydrogens is 248 g/mol. The van der Waals surface area contributed by atoms with E-state index in [4.69, 9.17) is 16.3 Å². The molecule has 1 heterocycles. The van der Waals surface area contributed by atoms with Crippen molar-refractivity contribution in [2.75, 3.05) is 0 Å². The summed E-state index contributed by atoms with van der Waals surface area (Å²) in [5.74, 6) is 2.16. The van der Waals surface area contributed by atoms with Crippen molar-refractivity contribution in [1.29, 1.82) is 0 Å². The van der Waals surface area contributed by atoms with E-state index in [0.717, 1.165) is 11.3 Å². The van der Waals surface area contributed by atoms with Crippen LogP contribution in [0.3, 0.4) is 0 Å². The number of halogens is 1. The molecule has 4 heteroatoms. The van der Waals surface area contributed by atoms with E-state index < -0.39 is 0 Å². The number of rotatable bonds is 3. The molecule has 0 saturated carbocycles. The SMILES string of the molecule is Cc1ccccc1Oc1cc(Cl)nc(C(C)C)n1. The lowest BCUT2D eigenvalue weighted by atomic mass is 10.2. The van der Waals surface area contributed by atoms with Crippen molar-refractivity contribution in [3.63, 3.8) is 0 Å². The van der Waals surface area contributed by atoms with E-state index in [0.29, 0.717) is 16.9 Å². The third-order valence-electron chi connectivity index (χ3n) is 2.51. The number of aromatic nitrogens is 2. The van der Waals surface area contributed by atoms with Gasteiger partial charge in [-0.1, -0.05) is 43.6 Å². The highest BCUT2D eigenvalue weighted by Crippen LogP contribution is 2.25. The van der Waals surface area contributed by atoms with Crippen LogP contribution in [0.4, 0.5) is 0 Å². The monoisotopic (exact) mass is 262 g/mol. The summed E-state index contributed by atoms with van der Waals surface area (Å²) < 4.78 is 5.75. The highest BCUT2D eigenvalue weighted by molar-refractivity contribution is 6.29. The summed E-state index contributed by atoms with van der Waals surface area (Å²) >= 11 is 5.97. The van der Waals surface area contributed by atoms with E-state index in [1.807, 2.05) is 45.0 Å². The average molecular weight is 263 g/mol. The van der Waals surface area contributed by atoms with Crippen molar-refractivity contribution in [3.05, 3.63) is 46.9 Å². The first-order valence-electron chi connectivity index (χ1n) is 5.84. The van der Waals surface area contributed by atoms with Crippen LogP contribution in [0.15, 0.2) is 30.3 Å². The van der Waals surface area contributed by atoms with Crippen molar-refractivity contribution in [2.24, 2.45) is 0 Å². The Morgan fingerprint density at radius 3 is 2.56 bits per heavy atom. The number of hydrogen-bond acceptors (Lipinski definition) is 3. The lowest BCUT2D eigenvalue weighted by Gasteiger charge is -2.10. The zero-order valence-electron chi connectivity index (χ0n) is 10.6. The van der Waals surface area contributed by atoms with Crippen molar-refractivity contribution < 1.29 is 4.74 Å². The van der Waals surface area contributed by atoms with Gasteiger partial charge in [-0.25, -0.2) is 4.98 Å². The van der Waals surface area contributed by atoms with E-state index in [-0.39, 0.29) is 5.92 Å². The maximum absolute atomic E-state index is 5.97. The van der Waals surface area contributed by atoms with Gasteiger partial charge in [0.1, 0.15) is 16.7 Å². The van der Waals surface area contributed by atoms with Crippen LogP contribution in [0, 0.1) is 6.92 Å². The molecule has 0 amide bonds. The quantitative estimate of drug-likeness (QED) is 0.771. The van der Waals surface area contributed by atoms with Crippen molar-refractivity contribution in [3.8, 4) is 11.6 Å². The Morgan fingerprint density at radius 2 is 1.89 bits per heavy atom. The van der Waals surface area contributed by atoms with Gasteiger partial charge in [0, 0.05) is 12.0 Å². The van der Waals surface area contributed by atoms with E-state index in [1.54, 1.807) is 6.07 Å². The molecule has 1 aromatic carbocycles. The Kier molecular flexibility index (Phi) is 3.82. The van der Waals surface area contributed by atoms with Gasteiger partial charge in [-0.3, -0.25) is 0 Å². The summed E-state index contributed by atoms with van der Waals surface area (Å²) in [4.78, 5) is 8.52. The van der Waals surface area contributed by atoms with Gasteiger partial charge in [-0.2, -0.15) is 4.98 Å². The molecule has 0 atom stereocenters. The zero-order chi connectivity index (χ0) is 13.1. The summed E-state index contributed by atoms with van der Waals surface area (Å²) in [6.07, 6.45) is 0. The van der Waals surface area contributed by atoms with Crippen LogP contribution < -0.4 is 4.74 Å². The Balaban J connectivity index is 2.32. The highest BCUT2D eigenvalue weighted by atomic mass is 35.5. The summed E-state index contributed by atoms with van der Waals surface area (Å²) in [7, 11) is 0. The Bertz CT molecular complexity index is 555. The summed E-state index contributed by atoms with van der Waals surface area (Å²) in [6, 6.07) is 9.41. The van der Waals surface area contributed by atoms with E-state index in [1.165, 1.54) is 0 Å². The van der Waals surface area contributed by atoms with Crippen LogP contribution in [0.25, 0.3) is 0 Å². The second-order valence-corrected chi connectivity index (χ2v) is 4.80. The lowest BCUT2D eigenvalue weighted by molar-refractivity contribution is 0.453. The van der Waals surface area contributed by atoms with Crippen LogP contribution >= 0.6 is 11.6 Å². The average Bonchev–Trinajstić information content (AvgIpc) is 2.31. The lowest BCUT2D eigenvalue weighted by Crippen LogP contribution is -2.00. The molecule has 0 N–H and O–H groups in total. The first-order valence-corrected chi connectivity index (χ1v) is 6.22. The molecular formula is C14H15ClN2O. The number of hydrogen-bond donors (Lipinski definition) is 0. The molecule has 94 valence electrons. The predicted octanol–water partition coefficient (Wildman–Crippen LogP) is 4.35. The normalized spacial score (nSPS) is 10.7. The van der Waals surface area contributed by atoms with Crippen LogP contribution in [-0.4, -0.2) is 9.97 Å². The first-order chi connectivity index (χ1) is 8.56. The number of nitrogens with zero attached hydrogens (tertiary/aromatic N) is 2. The first kappa shape index (κ1) is 12.8. The minimum Gasteiger partial charge on any atom is -0.439 e. The van der Waals surface area contributed by atoms with Gasteiger partial charge in [-0.15, -0.1) is 0 Å². The number of benzene rings is 1. The number of para-hydroxylation sites is 1. The van der Waals surface area contributed by atoms with Crippen LogP contribution in [0.1, 0.15) is 31.2 Å². The molecule has 18 heavy (non-hydrogen) atoms. The molecule has 0 aliphatic rings. The van der Waals surface area contributed by atoms with Gasteiger partial charge < -0.3 is 4.74 Å². The van der Waals surface area contributed by atoms with Gasteiger partial charge in [0.2, 0.25) is 5.88 Å². The topological polar surface area (TPSA) is 35.0 Å². The van der Waals surface area contributed by atoms with Gasteiger partial charge in [0.05, 0.1) is 0 Å². The molecule has 0 radical (unpaired) electrons. The highest BCUT2D eigenvalue weighted by Gasteiger charge is 2.09. The molecule has 1 aromatic heterocycles. The maximum Gasteiger partial charge on any atom is 0.224 e. The van der Waals surface area contributed by atoms with Gasteiger partial charge in [-0.05, 0) is 18.6 Å². The molecule has 2 rings (SSSR count). The Labute approximate surface area is 112 Å². The van der Waals surface area contributed by atoms with E-state index in [9.17, 15) is 0 Å². The summed E-state index contributed by atoms with van der Waals surface area (Å²) in [5.41, 5.74) is 1.05. The zero-order valence-corrected chi connectivity index (χ0v) is 11.4. The molecule has 3 nitrogen and oxygen atoms in total. The standard InChI is InChI=1S/C14H15ClN2O/c1-9(2)14-16-12(15)8-13(17-14)18-11-7-5-4-6-10(11)3/h4-9H,1-3H3. The second kappa shape index (κ2) is 5.36. The Morgan fingerprint density at radius 1 is 1.17 bits per heavy atom. The summed E-state index contributed by atoms with van der Waals surface area (Å²) in [6.45, 7) is 6.02. The molecule has 0 saturated heterocycles. The smallest absolute Gasteiger partial charge is 0.224 e. The van der Waals surface area contributed by atoms with Crippen molar-refractivity contribution in [2.45, 2.75) is 26.7 Å². The fraction of sp³-hybridized carbons (Fsp3) is 0.286. The largest absolute Gasteiger partial charge is 0.439 e. The Hall–Kier alpha value is -1.61. The molecule has 2 aromatic rings. The number of aryl methyl sites for hydroxylation is 1. The molecule has 0 aliphatic heterocycles. The summed E-state index contributed by atoms with van der Waals surface area (Å²) in [5, 5.41) is 0.400. The van der Waals surface area contributed by atoms with Crippen molar-refractivity contribution >= 4 is 11.6 Å². The van der Waals surface area contributed by atoms with Gasteiger partial charge in [0.25, 0.3) is 0 Å².